The molecule has 3 N–H and O–H groups in total. The maximum absolute atomic E-state index is 13.3. The zero-order chi connectivity index (χ0) is 27.0. The monoisotopic (exact) mass is 525 g/mol. The topological polar surface area (TPSA) is 130 Å². The molecule has 0 bridgehead atoms. The number of anilines is 1. The molecule has 38 heavy (non-hydrogen) atoms. The minimum atomic E-state index is -0.898. The highest BCUT2D eigenvalue weighted by Crippen LogP contribution is 2.38. The van der Waals surface area contributed by atoms with Gasteiger partial charge < -0.3 is 25.2 Å². The molecular formula is C27H39N7O4. The maximum Gasteiger partial charge on any atom is 0.250 e. The third kappa shape index (κ3) is 5.14. The molecule has 1 saturated carbocycles. The van der Waals surface area contributed by atoms with Crippen LogP contribution in [0.15, 0.2) is 24.7 Å². The van der Waals surface area contributed by atoms with E-state index in [-0.39, 0.29) is 24.0 Å². The maximum atomic E-state index is 13.3. The van der Waals surface area contributed by atoms with Crippen molar-refractivity contribution in [3.05, 3.63) is 30.4 Å². The summed E-state index contributed by atoms with van der Waals surface area (Å²) < 4.78 is 8.91. The highest BCUT2D eigenvalue weighted by molar-refractivity contribution is 5.85. The summed E-state index contributed by atoms with van der Waals surface area (Å²) in [5.41, 5.74) is 2.88. The second kappa shape index (κ2) is 10.6. The molecule has 206 valence electrons. The first-order chi connectivity index (χ1) is 18.2. The Morgan fingerprint density at radius 2 is 1.95 bits per heavy atom. The Labute approximate surface area is 222 Å². The molecule has 2 fully saturated rings. The van der Waals surface area contributed by atoms with Crippen LogP contribution in [0.25, 0.3) is 16.6 Å². The fourth-order valence-corrected chi connectivity index (χ4v) is 5.67. The Balaban J connectivity index is 1.49. The highest BCUT2D eigenvalue weighted by atomic mass is 16.5. The number of hydrogen-bond acceptors (Lipinski definition) is 8. The van der Waals surface area contributed by atoms with Crippen molar-refractivity contribution in [3.8, 4) is 11.1 Å². The lowest BCUT2D eigenvalue weighted by atomic mass is 9.85. The first kappa shape index (κ1) is 26.6. The van der Waals surface area contributed by atoms with Gasteiger partial charge in [-0.3, -0.25) is 9.48 Å². The van der Waals surface area contributed by atoms with Crippen LogP contribution in [0, 0.1) is 0 Å². The molecule has 4 heterocycles. The van der Waals surface area contributed by atoms with Crippen molar-refractivity contribution in [1.82, 2.24) is 29.3 Å². The predicted molar refractivity (Wildman–Crippen MR) is 143 cm³/mol. The van der Waals surface area contributed by atoms with Crippen LogP contribution in [0.1, 0.15) is 64.5 Å². The fourth-order valence-electron chi connectivity index (χ4n) is 5.67. The van der Waals surface area contributed by atoms with E-state index in [9.17, 15) is 15.0 Å². The van der Waals surface area contributed by atoms with Crippen molar-refractivity contribution in [3.63, 3.8) is 0 Å². The van der Waals surface area contributed by atoms with Gasteiger partial charge >= 0.3 is 0 Å². The third-order valence-electron chi connectivity index (χ3n) is 7.89. The first-order valence-corrected chi connectivity index (χ1v) is 13.5. The van der Waals surface area contributed by atoms with Crippen LogP contribution in [0.5, 0.6) is 0 Å². The van der Waals surface area contributed by atoms with Crippen LogP contribution in [-0.2, 0) is 15.1 Å². The molecule has 11 heteroatoms. The van der Waals surface area contributed by atoms with Gasteiger partial charge in [0.2, 0.25) is 11.9 Å². The molecule has 1 aliphatic carbocycles. The van der Waals surface area contributed by atoms with Gasteiger partial charge in [-0.2, -0.15) is 5.10 Å². The quantitative estimate of drug-likeness (QED) is 0.409. The van der Waals surface area contributed by atoms with Gasteiger partial charge in [-0.1, -0.05) is 0 Å². The largest absolute Gasteiger partial charge is 0.393 e. The van der Waals surface area contributed by atoms with Crippen LogP contribution < -0.4 is 5.32 Å². The average Bonchev–Trinajstić information content (AvgIpc) is 3.63. The zero-order valence-electron chi connectivity index (χ0n) is 22.7. The number of rotatable bonds is 8. The van der Waals surface area contributed by atoms with Crippen molar-refractivity contribution in [2.45, 2.75) is 82.6 Å². The number of carbonyl (C=O) groups is 1. The number of aromatic nitrogens is 5. The van der Waals surface area contributed by atoms with E-state index in [2.05, 4.69) is 21.5 Å². The molecule has 3 aromatic rings. The number of aliphatic hydroxyl groups is 2. The van der Waals surface area contributed by atoms with E-state index in [1.165, 1.54) is 0 Å². The Hall–Kier alpha value is -3.02. The van der Waals surface area contributed by atoms with Crippen LogP contribution >= 0.6 is 0 Å². The van der Waals surface area contributed by atoms with Gasteiger partial charge in [0.25, 0.3) is 0 Å². The van der Waals surface area contributed by atoms with E-state index in [0.29, 0.717) is 32.1 Å². The van der Waals surface area contributed by atoms with E-state index in [1.807, 2.05) is 37.7 Å². The number of aliphatic hydroxyl groups excluding tert-OH is 2. The van der Waals surface area contributed by atoms with Gasteiger partial charge in [-0.25, -0.2) is 9.50 Å². The molecular weight excluding hydrogens is 486 g/mol. The minimum absolute atomic E-state index is 0.0514. The fraction of sp³-hybridized carbons (Fsp3) is 0.630. The Kier molecular flexibility index (Phi) is 7.43. The van der Waals surface area contributed by atoms with E-state index >= 15 is 0 Å². The molecule has 0 aromatic carbocycles. The summed E-state index contributed by atoms with van der Waals surface area (Å²) in [5.74, 6) is 0.737. The number of fused-ring (bicyclic) bond motifs is 1. The van der Waals surface area contributed by atoms with Crippen molar-refractivity contribution < 1.29 is 19.7 Å². The van der Waals surface area contributed by atoms with E-state index in [4.69, 9.17) is 9.84 Å². The SMILES string of the molecule is COC[C@H](C)Nc1ncc2c(-c3cnn(C(C)(C)C(=O)N4CC[C@@H](O)C4)c3)cc(C3CCC(O)CC3)n2n1. The average molecular weight is 526 g/mol. The van der Waals surface area contributed by atoms with E-state index in [1.54, 1.807) is 22.9 Å². The lowest BCUT2D eigenvalue weighted by Crippen LogP contribution is -2.46. The lowest BCUT2D eigenvalue weighted by molar-refractivity contribution is -0.139. The molecule has 2 aliphatic rings. The van der Waals surface area contributed by atoms with E-state index < -0.39 is 11.6 Å². The number of hydrogen-bond donors (Lipinski definition) is 3. The molecule has 1 aliphatic heterocycles. The molecule has 0 unspecified atom stereocenters. The van der Waals surface area contributed by atoms with Crippen molar-refractivity contribution in [1.29, 1.82) is 0 Å². The minimum Gasteiger partial charge on any atom is -0.393 e. The van der Waals surface area contributed by atoms with Crippen molar-refractivity contribution >= 4 is 17.4 Å². The summed E-state index contributed by atoms with van der Waals surface area (Å²) in [6.45, 7) is 7.18. The molecule has 2 atom stereocenters. The summed E-state index contributed by atoms with van der Waals surface area (Å²) in [4.78, 5) is 19.6. The van der Waals surface area contributed by atoms with Gasteiger partial charge in [0.05, 0.1) is 36.7 Å². The molecule has 1 saturated heterocycles. The lowest BCUT2D eigenvalue weighted by Gasteiger charge is -2.29. The number of nitrogens with one attached hydrogen (secondary N) is 1. The second-order valence-electron chi connectivity index (χ2n) is 11.3. The Morgan fingerprint density at radius 1 is 1.18 bits per heavy atom. The Morgan fingerprint density at radius 3 is 2.63 bits per heavy atom. The summed E-state index contributed by atoms with van der Waals surface area (Å²) in [5, 5.41) is 32.7. The number of β-amino-alcohol motifs (C(OH)–C–C–N with tert-alkyl or cyclic N) is 1. The summed E-state index contributed by atoms with van der Waals surface area (Å²) in [6, 6.07) is 2.21. The number of methoxy groups -OCH3 is 1. The zero-order valence-corrected chi connectivity index (χ0v) is 22.7. The van der Waals surface area contributed by atoms with Crippen LogP contribution in [0.3, 0.4) is 0 Å². The smallest absolute Gasteiger partial charge is 0.250 e. The number of nitrogens with zero attached hydrogens (tertiary/aromatic N) is 6. The number of carbonyl (C=O) groups excluding carboxylic acids is 1. The molecule has 1 amide bonds. The molecule has 0 radical (unpaired) electrons. The summed E-state index contributed by atoms with van der Waals surface area (Å²) in [6.07, 6.45) is 8.73. The molecule has 5 rings (SSSR count). The summed E-state index contributed by atoms with van der Waals surface area (Å²) >= 11 is 0. The Bertz CT molecular complexity index is 1280. The van der Waals surface area contributed by atoms with Gasteiger partial charge in [-0.15, -0.1) is 5.10 Å². The van der Waals surface area contributed by atoms with E-state index in [0.717, 1.165) is 48.0 Å². The van der Waals surface area contributed by atoms with Crippen molar-refractivity contribution in [2.75, 3.05) is 32.1 Å². The number of ether oxygens (including phenoxy) is 1. The van der Waals surface area contributed by atoms with Crippen LogP contribution in [0.2, 0.25) is 0 Å². The van der Waals surface area contributed by atoms with Gasteiger partial charge in [0, 0.05) is 55.2 Å². The van der Waals surface area contributed by atoms with Gasteiger partial charge in [0.1, 0.15) is 5.54 Å². The first-order valence-electron chi connectivity index (χ1n) is 13.5. The second-order valence-corrected chi connectivity index (χ2v) is 11.3. The normalized spacial score (nSPS) is 23.2. The molecule has 0 spiro atoms. The van der Waals surface area contributed by atoms with Crippen molar-refractivity contribution in [2.24, 2.45) is 0 Å². The van der Waals surface area contributed by atoms with Crippen LogP contribution in [-0.4, -0.2) is 90.5 Å². The number of amides is 1. The standard InChI is InChI=1S/C27H39N7O4/c1-17(16-38-4)30-26-28-13-24-22(11-23(34(24)31-26)18-5-7-20(35)8-6-18)19-12-29-33(14-19)27(2,3)25(37)32-10-9-21(36)15-32/h11-14,17-18,20-21,35-36H,5-10,15-16H2,1-4H3,(H,30,31)/t17-,18?,20?,21+/m0/s1. The third-order valence-corrected chi connectivity index (χ3v) is 7.89. The van der Waals surface area contributed by atoms with Gasteiger partial charge in [-0.05, 0) is 58.9 Å². The van der Waals surface area contributed by atoms with Crippen LogP contribution in [0.4, 0.5) is 5.95 Å². The summed E-state index contributed by atoms with van der Waals surface area (Å²) in [7, 11) is 1.67. The molecule has 3 aromatic heterocycles. The number of likely N-dealkylation sites (tertiary alicyclic amines) is 1. The highest BCUT2D eigenvalue weighted by Gasteiger charge is 2.38. The predicted octanol–water partition coefficient (Wildman–Crippen LogP) is 2.39. The molecule has 11 nitrogen and oxygen atoms in total. The van der Waals surface area contributed by atoms with Gasteiger partial charge in [0.15, 0.2) is 0 Å².